The van der Waals surface area contributed by atoms with Gasteiger partial charge in [-0.2, -0.15) is 0 Å². The SMILES string of the molecule is O=C(Cn1c(/C=C/c2ccco2)nc2ccccc21)c1ccc(Cl)cc1. The molecule has 26 heavy (non-hydrogen) atoms. The van der Waals surface area contributed by atoms with Crippen molar-refractivity contribution in [2.45, 2.75) is 6.54 Å². The van der Waals surface area contributed by atoms with Gasteiger partial charge in [-0.15, -0.1) is 0 Å². The molecule has 0 N–H and O–H groups in total. The number of furan rings is 1. The van der Waals surface area contributed by atoms with Crippen LogP contribution in [-0.2, 0) is 6.54 Å². The van der Waals surface area contributed by atoms with Crippen LogP contribution in [0.25, 0.3) is 23.2 Å². The third-order valence-corrected chi connectivity index (χ3v) is 4.34. The number of carbonyl (C=O) groups excluding carboxylic acids is 1. The van der Waals surface area contributed by atoms with E-state index in [1.54, 1.807) is 30.5 Å². The van der Waals surface area contributed by atoms with E-state index in [9.17, 15) is 4.79 Å². The molecule has 0 spiro atoms. The highest BCUT2D eigenvalue weighted by Crippen LogP contribution is 2.19. The Bertz CT molecular complexity index is 1080. The van der Waals surface area contributed by atoms with Gasteiger partial charge in [0, 0.05) is 10.6 Å². The van der Waals surface area contributed by atoms with Crippen molar-refractivity contribution in [3.05, 3.63) is 89.1 Å². The lowest BCUT2D eigenvalue weighted by atomic mass is 10.1. The van der Waals surface area contributed by atoms with Gasteiger partial charge in [0.05, 0.1) is 23.8 Å². The van der Waals surface area contributed by atoms with Gasteiger partial charge in [0.15, 0.2) is 5.78 Å². The van der Waals surface area contributed by atoms with Crippen LogP contribution in [0, 0.1) is 0 Å². The Labute approximate surface area is 155 Å². The van der Waals surface area contributed by atoms with Gasteiger partial charge in [-0.05, 0) is 60.7 Å². The predicted octanol–water partition coefficient (Wildman–Crippen LogP) is 5.34. The molecule has 5 heteroatoms. The lowest BCUT2D eigenvalue weighted by Crippen LogP contribution is -2.11. The molecule has 0 aliphatic rings. The summed E-state index contributed by atoms with van der Waals surface area (Å²) in [5, 5.41) is 0.608. The molecule has 0 unspecified atom stereocenters. The topological polar surface area (TPSA) is 48.0 Å². The predicted molar refractivity (Wildman–Crippen MR) is 103 cm³/mol. The highest BCUT2D eigenvalue weighted by molar-refractivity contribution is 6.30. The minimum absolute atomic E-state index is 0.00234. The zero-order chi connectivity index (χ0) is 17.9. The third kappa shape index (κ3) is 3.32. The number of nitrogens with zero attached hydrogens (tertiary/aromatic N) is 2. The first-order valence-corrected chi connectivity index (χ1v) is 8.54. The molecule has 2 heterocycles. The zero-order valence-electron chi connectivity index (χ0n) is 13.8. The molecular weight excluding hydrogens is 348 g/mol. The molecule has 0 amide bonds. The third-order valence-electron chi connectivity index (χ3n) is 4.09. The number of imidazole rings is 1. The van der Waals surface area contributed by atoms with E-state index in [-0.39, 0.29) is 12.3 Å². The second-order valence-electron chi connectivity index (χ2n) is 5.82. The molecular formula is C21H15ClN2O2. The van der Waals surface area contributed by atoms with Crippen LogP contribution in [0.5, 0.6) is 0 Å². The quantitative estimate of drug-likeness (QED) is 0.450. The summed E-state index contributed by atoms with van der Waals surface area (Å²) < 4.78 is 7.24. The van der Waals surface area contributed by atoms with Gasteiger partial charge >= 0.3 is 0 Å². The summed E-state index contributed by atoms with van der Waals surface area (Å²) >= 11 is 5.91. The fraction of sp³-hybridized carbons (Fsp3) is 0.0476. The Morgan fingerprint density at radius 3 is 2.62 bits per heavy atom. The molecule has 128 valence electrons. The zero-order valence-corrected chi connectivity index (χ0v) is 14.6. The standard InChI is InChI=1S/C21H15ClN2O2/c22-16-9-7-15(8-10-16)20(25)14-24-19-6-2-1-5-18(19)23-21(24)12-11-17-4-3-13-26-17/h1-13H,14H2/b12-11+. The van der Waals surface area contributed by atoms with Crippen LogP contribution in [0.1, 0.15) is 21.9 Å². The first-order chi connectivity index (χ1) is 12.7. The monoisotopic (exact) mass is 362 g/mol. The summed E-state index contributed by atoms with van der Waals surface area (Å²) in [7, 11) is 0. The van der Waals surface area contributed by atoms with E-state index in [1.165, 1.54) is 0 Å². The second kappa shape index (κ2) is 7.02. The largest absolute Gasteiger partial charge is 0.465 e. The molecule has 0 aliphatic carbocycles. The molecule has 0 fully saturated rings. The summed E-state index contributed by atoms with van der Waals surface area (Å²) in [5.74, 6) is 1.43. The maximum Gasteiger partial charge on any atom is 0.182 e. The minimum atomic E-state index is -0.00234. The van der Waals surface area contributed by atoms with Crippen molar-refractivity contribution in [1.82, 2.24) is 9.55 Å². The van der Waals surface area contributed by atoms with Gasteiger partial charge in [-0.1, -0.05) is 23.7 Å². The summed E-state index contributed by atoms with van der Waals surface area (Å²) in [5.41, 5.74) is 2.37. The highest BCUT2D eigenvalue weighted by atomic mass is 35.5. The number of rotatable bonds is 5. The van der Waals surface area contributed by atoms with E-state index in [0.29, 0.717) is 16.4 Å². The maximum absolute atomic E-state index is 12.7. The van der Waals surface area contributed by atoms with E-state index in [1.807, 2.05) is 53.1 Å². The second-order valence-corrected chi connectivity index (χ2v) is 6.26. The minimum Gasteiger partial charge on any atom is -0.465 e. The van der Waals surface area contributed by atoms with E-state index in [4.69, 9.17) is 16.0 Å². The first kappa shape index (κ1) is 16.4. The molecule has 0 atom stereocenters. The molecule has 0 saturated heterocycles. The molecule has 4 aromatic rings. The number of carbonyl (C=O) groups is 1. The highest BCUT2D eigenvalue weighted by Gasteiger charge is 2.13. The van der Waals surface area contributed by atoms with Crippen molar-refractivity contribution in [1.29, 1.82) is 0 Å². The number of hydrogen-bond donors (Lipinski definition) is 0. The van der Waals surface area contributed by atoms with Gasteiger partial charge in [-0.25, -0.2) is 4.98 Å². The Balaban J connectivity index is 1.71. The van der Waals surface area contributed by atoms with Crippen LogP contribution in [0.15, 0.2) is 71.3 Å². The average Bonchev–Trinajstić information content (AvgIpc) is 3.29. The Morgan fingerprint density at radius 1 is 1.04 bits per heavy atom. The van der Waals surface area contributed by atoms with Gasteiger partial charge in [0.2, 0.25) is 0 Å². The van der Waals surface area contributed by atoms with Crippen molar-refractivity contribution in [3.8, 4) is 0 Å². The fourth-order valence-corrected chi connectivity index (χ4v) is 2.93. The van der Waals surface area contributed by atoms with Gasteiger partial charge in [0.25, 0.3) is 0 Å². The number of hydrogen-bond acceptors (Lipinski definition) is 3. The van der Waals surface area contributed by atoms with Crippen molar-refractivity contribution in [2.24, 2.45) is 0 Å². The number of benzene rings is 2. The Kier molecular flexibility index (Phi) is 4.42. The lowest BCUT2D eigenvalue weighted by molar-refractivity contribution is 0.0973. The molecule has 0 radical (unpaired) electrons. The summed E-state index contributed by atoms with van der Waals surface area (Å²) in [4.78, 5) is 17.4. The van der Waals surface area contributed by atoms with Crippen LogP contribution in [0.2, 0.25) is 5.02 Å². The fourth-order valence-electron chi connectivity index (χ4n) is 2.80. The van der Waals surface area contributed by atoms with Crippen LogP contribution < -0.4 is 0 Å². The van der Waals surface area contributed by atoms with Gasteiger partial charge in [-0.3, -0.25) is 4.79 Å². The molecule has 4 rings (SSSR count). The smallest absolute Gasteiger partial charge is 0.182 e. The Hall–Kier alpha value is -3.11. The van der Waals surface area contributed by atoms with Crippen LogP contribution in [-0.4, -0.2) is 15.3 Å². The van der Waals surface area contributed by atoms with Crippen LogP contribution in [0.3, 0.4) is 0 Å². The Morgan fingerprint density at radius 2 is 1.85 bits per heavy atom. The summed E-state index contributed by atoms with van der Waals surface area (Å²) in [6.45, 7) is 0.194. The van der Waals surface area contributed by atoms with Crippen LogP contribution >= 0.6 is 11.6 Å². The molecule has 0 saturated carbocycles. The number of para-hydroxylation sites is 2. The van der Waals surface area contributed by atoms with E-state index in [2.05, 4.69) is 4.98 Å². The van der Waals surface area contributed by atoms with E-state index in [0.717, 1.165) is 16.8 Å². The number of fused-ring (bicyclic) bond motifs is 1. The molecule has 2 aromatic heterocycles. The average molecular weight is 363 g/mol. The number of halogens is 1. The first-order valence-electron chi connectivity index (χ1n) is 8.16. The molecule has 0 bridgehead atoms. The lowest BCUT2D eigenvalue weighted by Gasteiger charge is -2.07. The van der Waals surface area contributed by atoms with Crippen molar-refractivity contribution >= 4 is 40.6 Å². The van der Waals surface area contributed by atoms with Crippen molar-refractivity contribution < 1.29 is 9.21 Å². The normalized spacial score (nSPS) is 11.4. The molecule has 2 aromatic carbocycles. The van der Waals surface area contributed by atoms with E-state index >= 15 is 0 Å². The number of aromatic nitrogens is 2. The molecule has 0 aliphatic heterocycles. The number of ketones is 1. The number of Topliss-reactive ketones (excluding diaryl/α,β-unsaturated/α-hetero) is 1. The van der Waals surface area contributed by atoms with Gasteiger partial charge in [0.1, 0.15) is 11.6 Å². The summed E-state index contributed by atoms with van der Waals surface area (Å²) in [6.07, 6.45) is 5.31. The van der Waals surface area contributed by atoms with Crippen molar-refractivity contribution in [3.63, 3.8) is 0 Å². The van der Waals surface area contributed by atoms with E-state index < -0.39 is 0 Å². The maximum atomic E-state index is 12.7. The summed E-state index contributed by atoms with van der Waals surface area (Å²) in [6, 6.07) is 18.4. The van der Waals surface area contributed by atoms with Crippen LogP contribution in [0.4, 0.5) is 0 Å². The van der Waals surface area contributed by atoms with Gasteiger partial charge < -0.3 is 8.98 Å². The van der Waals surface area contributed by atoms with Crippen molar-refractivity contribution in [2.75, 3.05) is 0 Å². The molecule has 4 nitrogen and oxygen atoms in total.